The maximum atomic E-state index is 11.1. The molecule has 1 heterocycles. The van der Waals surface area contributed by atoms with Crippen LogP contribution in [0, 0.1) is 0 Å². The Kier molecular flexibility index (Phi) is 2.25. The second-order valence-electron chi connectivity index (χ2n) is 2.71. The summed E-state index contributed by atoms with van der Waals surface area (Å²) in [7, 11) is 1.49. The first-order valence-electron chi connectivity index (χ1n) is 3.95. The van der Waals surface area contributed by atoms with Crippen LogP contribution in [0.3, 0.4) is 0 Å². The molecular formula is C9H7BrN2O2. The molecule has 1 aromatic heterocycles. The van der Waals surface area contributed by atoms with Crippen molar-refractivity contribution in [1.29, 1.82) is 0 Å². The lowest BCUT2D eigenvalue weighted by Crippen LogP contribution is -2.11. The minimum absolute atomic E-state index is 0.338. The highest BCUT2D eigenvalue weighted by molar-refractivity contribution is 9.10. The molecule has 2 aromatic rings. The van der Waals surface area contributed by atoms with Gasteiger partial charge in [0.15, 0.2) is 0 Å². The number of H-pyrrole nitrogens is 1. The molecule has 5 heteroatoms. The van der Waals surface area contributed by atoms with E-state index in [0.717, 1.165) is 9.86 Å². The number of rotatable bonds is 1. The van der Waals surface area contributed by atoms with E-state index in [2.05, 4.69) is 25.9 Å². The zero-order valence-corrected chi connectivity index (χ0v) is 8.96. The van der Waals surface area contributed by atoms with Crippen molar-refractivity contribution in [3.63, 3.8) is 0 Å². The zero-order valence-electron chi connectivity index (χ0n) is 7.37. The molecule has 0 aliphatic rings. The predicted molar refractivity (Wildman–Crippen MR) is 56.6 cm³/mol. The summed E-state index contributed by atoms with van der Waals surface area (Å²) in [6.07, 6.45) is 0. The van der Waals surface area contributed by atoms with E-state index in [1.54, 1.807) is 0 Å². The highest BCUT2D eigenvalue weighted by atomic mass is 79.9. The Balaban J connectivity index is 2.94. The lowest BCUT2D eigenvalue weighted by Gasteiger charge is -2.03. The highest BCUT2D eigenvalue weighted by Gasteiger charge is 2.06. The molecule has 0 bridgehead atoms. The standard InChI is InChI=1S/C9H7BrN2O2/c1-14-8-5-3-2-4-6(10)7(5)11-9(13)12-8/h2-4H,1H3,(H,11,12,13). The molecule has 0 amide bonds. The van der Waals surface area contributed by atoms with Gasteiger partial charge in [0, 0.05) is 4.47 Å². The number of nitrogens with zero attached hydrogens (tertiary/aromatic N) is 1. The van der Waals surface area contributed by atoms with Gasteiger partial charge in [-0.1, -0.05) is 6.07 Å². The SMILES string of the molecule is COc1nc(=O)[nH]c2c(Br)cccc12. The fourth-order valence-electron chi connectivity index (χ4n) is 1.27. The van der Waals surface area contributed by atoms with Gasteiger partial charge in [0.05, 0.1) is 18.0 Å². The Morgan fingerprint density at radius 1 is 1.50 bits per heavy atom. The molecule has 0 spiro atoms. The van der Waals surface area contributed by atoms with E-state index in [-0.39, 0.29) is 0 Å². The van der Waals surface area contributed by atoms with Crippen molar-refractivity contribution in [2.45, 2.75) is 0 Å². The number of nitrogens with one attached hydrogen (secondary N) is 1. The van der Waals surface area contributed by atoms with Crippen molar-refractivity contribution < 1.29 is 4.74 Å². The van der Waals surface area contributed by atoms with Gasteiger partial charge in [0.25, 0.3) is 0 Å². The van der Waals surface area contributed by atoms with E-state index in [0.29, 0.717) is 11.4 Å². The molecule has 1 aromatic carbocycles. The molecule has 2 rings (SSSR count). The van der Waals surface area contributed by atoms with Crippen molar-refractivity contribution in [2.75, 3.05) is 7.11 Å². The van der Waals surface area contributed by atoms with Crippen molar-refractivity contribution in [3.8, 4) is 5.88 Å². The maximum absolute atomic E-state index is 11.1. The van der Waals surface area contributed by atoms with Crippen molar-refractivity contribution in [1.82, 2.24) is 9.97 Å². The Bertz CT molecular complexity index is 536. The number of hydrogen-bond acceptors (Lipinski definition) is 3. The van der Waals surface area contributed by atoms with E-state index in [9.17, 15) is 4.79 Å². The van der Waals surface area contributed by atoms with Crippen molar-refractivity contribution in [2.24, 2.45) is 0 Å². The summed E-state index contributed by atoms with van der Waals surface area (Å²) in [5, 5.41) is 0.779. The summed E-state index contributed by atoms with van der Waals surface area (Å²) in [5.74, 6) is 0.338. The minimum atomic E-state index is -0.416. The Morgan fingerprint density at radius 3 is 3.00 bits per heavy atom. The normalized spacial score (nSPS) is 10.4. The van der Waals surface area contributed by atoms with E-state index in [1.165, 1.54) is 7.11 Å². The topological polar surface area (TPSA) is 55.0 Å². The van der Waals surface area contributed by atoms with Gasteiger partial charge in [-0.05, 0) is 28.1 Å². The maximum Gasteiger partial charge on any atom is 0.348 e. The summed E-state index contributed by atoms with van der Waals surface area (Å²) in [5.41, 5.74) is 0.283. The average Bonchev–Trinajstić information content (AvgIpc) is 2.18. The zero-order chi connectivity index (χ0) is 10.1. The van der Waals surface area contributed by atoms with Gasteiger partial charge < -0.3 is 9.72 Å². The fourth-order valence-corrected chi connectivity index (χ4v) is 1.74. The monoisotopic (exact) mass is 254 g/mol. The van der Waals surface area contributed by atoms with Gasteiger partial charge in [0.2, 0.25) is 5.88 Å². The molecule has 4 nitrogen and oxygen atoms in total. The largest absolute Gasteiger partial charge is 0.480 e. The van der Waals surface area contributed by atoms with E-state index in [4.69, 9.17) is 4.74 Å². The van der Waals surface area contributed by atoms with Crippen LogP contribution in [-0.2, 0) is 0 Å². The third-order valence-corrected chi connectivity index (χ3v) is 2.53. The number of methoxy groups -OCH3 is 1. The van der Waals surface area contributed by atoms with Gasteiger partial charge in [-0.15, -0.1) is 0 Å². The van der Waals surface area contributed by atoms with Gasteiger partial charge in [-0.3, -0.25) is 0 Å². The molecule has 0 atom stereocenters. The van der Waals surface area contributed by atoms with Crippen LogP contribution in [0.1, 0.15) is 0 Å². The summed E-state index contributed by atoms with van der Waals surface area (Å²) in [6, 6.07) is 5.54. The van der Waals surface area contributed by atoms with Crippen LogP contribution >= 0.6 is 15.9 Å². The molecule has 0 unspecified atom stereocenters. The minimum Gasteiger partial charge on any atom is -0.480 e. The molecule has 0 saturated heterocycles. The molecule has 1 N–H and O–H groups in total. The molecule has 0 radical (unpaired) electrons. The molecule has 0 aliphatic heterocycles. The summed E-state index contributed by atoms with van der Waals surface area (Å²) in [6.45, 7) is 0. The summed E-state index contributed by atoms with van der Waals surface area (Å²) >= 11 is 3.34. The molecule has 14 heavy (non-hydrogen) atoms. The first kappa shape index (κ1) is 9.21. The summed E-state index contributed by atoms with van der Waals surface area (Å²) in [4.78, 5) is 17.5. The quantitative estimate of drug-likeness (QED) is 0.843. The van der Waals surface area contributed by atoms with Gasteiger partial charge in [0.1, 0.15) is 0 Å². The van der Waals surface area contributed by atoms with E-state index < -0.39 is 5.69 Å². The van der Waals surface area contributed by atoms with Crippen molar-refractivity contribution >= 4 is 26.8 Å². The molecule has 0 saturated carbocycles. The van der Waals surface area contributed by atoms with Crippen LogP contribution in [0.25, 0.3) is 10.9 Å². The average molecular weight is 255 g/mol. The van der Waals surface area contributed by atoms with E-state index in [1.807, 2.05) is 18.2 Å². The van der Waals surface area contributed by atoms with E-state index >= 15 is 0 Å². The van der Waals surface area contributed by atoms with Crippen LogP contribution in [0.15, 0.2) is 27.5 Å². The summed E-state index contributed by atoms with van der Waals surface area (Å²) < 4.78 is 5.82. The second kappa shape index (κ2) is 3.42. The number of halogens is 1. The first-order valence-corrected chi connectivity index (χ1v) is 4.74. The number of hydrogen-bond donors (Lipinski definition) is 1. The Labute approximate surface area is 88.1 Å². The highest BCUT2D eigenvalue weighted by Crippen LogP contribution is 2.25. The second-order valence-corrected chi connectivity index (χ2v) is 3.57. The number of fused-ring (bicyclic) bond motifs is 1. The number of aromatic nitrogens is 2. The molecule has 0 aliphatic carbocycles. The third-order valence-electron chi connectivity index (χ3n) is 1.87. The Hall–Kier alpha value is -1.36. The molecule has 72 valence electrons. The van der Waals surface area contributed by atoms with Crippen LogP contribution in [0.4, 0.5) is 0 Å². The number of ether oxygens (including phenoxy) is 1. The first-order chi connectivity index (χ1) is 6.72. The smallest absolute Gasteiger partial charge is 0.348 e. The molecular weight excluding hydrogens is 248 g/mol. The van der Waals surface area contributed by atoms with Gasteiger partial charge in [-0.2, -0.15) is 4.98 Å². The number of para-hydroxylation sites is 1. The Morgan fingerprint density at radius 2 is 2.29 bits per heavy atom. The fraction of sp³-hybridized carbons (Fsp3) is 0.111. The lowest BCUT2D eigenvalue weighted by atomic mass is 10.2. The lowest BCUT2D eigenvalue weighted by molar-refractivity contribution is 0.401. The van der Waals surface area contributed by atoms with Crippen LogP contribution in [0.2, 0.25) is 0 Å². The van der Waals surface area contributed by atoms with Crippen molar-refractivity contribution in [3.05, 3.63) is 33.2 Å². The third kappa shape index (κ3) is 1.39. The van der Waals surface area contributed by atoms with Crippen LogP contribution in [0.5, 0.6) is 5.88 Å². The number of benzene rings is 1. The molecule has 0 fully saturated rings. The predicted octanol–water partition coefficient (Wildman–Crippen LogP) is 1.69. The van der Waals surface area contributed by atoms with Crippen LogP contribution in [-0.4, -0.2) is 17.1 Å². The number of aromatic amines is 1. The van der Waals surface area contributed by atoms with Gasteiger partial charge >= 0.3 is 5.69 Å². The van der Waals surface area contributed by atoms with Crippen LogP contribution < -0.4 is 10.4 Å². The van der Waals surface area contributed by atoms with Gasteiger partial charge in [-0.25, -0.2) is 4.79 Å².